The van der Waals surface area contributed by atoms with Crippen molar-refractivity contribution in [3.05, 3.63) is 229 Å². The van der Waals surface area contributed by atoms with Crippen LogP contribution in [0.5, 0.6) is 0 Å². The second kappa shape index (κ2) is 12.8. The van der Waals surface area contributed by atoms with Gasteiger partial charge in [-0.15, -0.1) is 0 Å². The maximum atomic E-state index is 2.60. The molecular formula is C55H34BNS2. The molecule has 0 bridgehead atoms. The first-order valence-corrected chi connectivity index (χ1v) is 22.0. The molecule has 0 unspecified atom stereocenters. The number of anilines is 3. The minimum absolute atomic E-state index is 0.106. The lowest BCUT2D eigenvalue weighted by Crippen LogP contribution is -2.58. The lowest BCUT2D eigenvalue weighted by atomic mass is 9.36. The summed E-state index contributed by atoms with van der Waals surface area (Å²) in [7, 11) is 0. The van der Waals surface area contributed by atoms with Gasteiger partial charge in [0.05, 0.1) is 16.8 Å². The SMILES string of the molecule is c1ccc(-c2cc3c4c(c2)Sc2cc5c(cc2B4c2cc(-c4ccccc4)ccc2S3)-c2ccccc2C52c3ccccc3N(c3ccccc3)c3ccccc32)cc1. The molecule has 0 aromatic heterocycles. The molecule has 0 atom stereocenters. The first-order valence-electron chi connectivity index (χ1n) is 20.4. The van der Waals surface area contributed by atoms with Crippen molar-refractivity contribution in [1.82, 2.24) is 0 Å². The summed E-state index contributed by atoms with van der Waals surface area (Å²) < 4.78 is 0. The smallest absolute Gasteiger partial charge is 0.247 e. The van der Waals surface area contributed by atoms with Gasteiger partial charge in [0.1, 0.15) is 0 Å². The fourth-order valence-corrected chi connectivity index (χ4v) is 13.0. The molecule has 4 aliphatic rings. The molecule has 0 N–H and O–H groups in total. The van der Waals surface area contributed by atoms with Crippen molar-refractivity contribution in [3.8, 4) is 33.4 Å². The van der Waals surface area contributed by atoms with Gasteiger partial charge in [-0.3, -0.25) is 0 Å². The number of fused-ring (bicyclic) bond motifs is 13. The van der Waals surface area contributed by atoms with Crippen molar-refractivity contribution >= 4 is 63.7 Å². The summed E-state index contributed by atoms with van der Waals surface area (Å²) in [5.74, 6) is 0. The first-order chi connectivity index (χ1) is 29.3. The molecule has 9 aromatic rings. The van der Waals surface area contributed by atoms with E-state index in [1.54, 1.807) is 0 Å². The Morgan fingerprint density at radius 1 is 0.356 bits per heavy atom. The standard InChI is InChI=1S/C55H34BNS2/c1-4-16-35(17-5-1)37-28-29-50-46(30-37)56-47-33-41-40-22-10-11-23-42(40)55(43-24-12-14-26-48(43)57(39-20-8-3-9-21-39)49-27-15-13-25-44(49)55)45(41)34-51(47)59-53-32-38(31-52(58-50)54(53)56)36-18-6-2-7-19-36/h1-34H. The Labute approximate surface area is 353 Å². The molecular weight excluding hydrogens is 750 g/mol. The molecule has 0 radical (unpaired) electrons. The number of benzene rings is 9. The largest absolute Gasteiger partial charge is 0.310 e. The third-order valence-electron chi connectivity index (χ3n) is 13.0. The Morgan fingerprint density at radius 2 is 0.898 bits per heavy atom. The van der Waals surface area contributed by atoms with E-state index in [-0.39, 0.29) is 6.71 Å². The lowest BCUT2D eigenvalue weighted by Gasteiger charge is -2.45. The maximum absolute atomic E-state index is 2.60. The number of hydrogen-bond acceptors (Lipinski definition) is 3. The van der Waals surface area contributed by atoms with Crippen LogP contribution in [0, 0.1) is 0 Å². The van der Waals surface area contributed by atoms with Crippen LogP contribution in [-0.2, 0) is 5.41 Å². The van der Waals surface area contributed by atoms with E-state index < -0.39 is 5.41 Å². The van der Waals surface area contributed by atoms with Gasteiger partial charge in [-0.1, -0.05) is 192 Å². The fraction of sp³-hybridized carbons (Fsp3) is 0.0182. The third-order valence-corrected chi connectivity index (χ3v) is 15.2. The molecule has 1 spiro atoms. The normalized spacial score (nSPS) is 14.4. The van der Waals surface area contributed by atoms with Crippen LogP contribution in [0.25, 0.3) is 33.4 Å². The van der Waals surface area contributed by atoms with Gasteiger partial charge in [-0.05, 0) is 110 Å². The van der Waals surface area contributed by atoms with Gasteiger partial charge < -0.3 is 4.90 Å². The topological polar surface area (TPSA) is 3.24 Å². The Morgan fingerprint density at radius 3 is 1.58 bits per heavy atom. The van der Waals surface area contributed by atoms with Gasteiger partial charge in [-0.2, -0.15) is 0 Å². The maximum Gasteiger partial charge on any atom is 0.247 e. The molecule has 274 valence electrons. The Hall–Kier alpha value is -6.46. The van der Waals surface area contributed by atoms with Gasteiger partial charge in [0.2, 0.25) is 6.71 Å². The van der Waals surface area contributed by atoms with E-state index in [4.69, 9.17) is 0 Å². The van der Waals surface area contributed by atoms with E-state index in [0.717, 1.165) is 0 Å². The Kier molecular flexibility index (Phi) is 7.25. The second-order valence-electron chi connectivity index (χ2n) is 15.9. The molecule has 4 heteroatoms. The van der Waals surface area contributed by atoms with Crippen molar-refractivity contribution in [2.24, 2.45) is 0 Å². The summed E-state index contributed by atoms with van der Waals surface area (Å²) in [6, 6.07) is 77.3. The van der Waals surface area contributed by atoms with Crippen molar-refractivity contribution in [2.45, 2.75) is 25.0 Å². The zero-order valence-corrected chi connectivity index (χ0v) is 33.6. The molecule has 13 rings (SSSR count). The minimum Gasteiger partial charge on any atom is -0.310 e. The van der Waals surface area contributed by atoms with Crippen molar-refractivity contribution < 1.29 is 0 Å². The molecule has 0 fully saturated rings. The highest BCUT2D eigenvalue weighted by Crippen LogP contribution is 2.63. The summed E-state index contributed by atoms with van der Waals surface area (Å²) in [6.45, 7) is 0.106. The van der Waals surface area contributed by atoms with Crippen molar-refractivity contribution in [3.63, 3.8) is 0 Å². The highest BCUT2D eigenvalue weighted by Gasteiger charge is 2.52. The minimum atomic E-state index is -0.502. The zero-order chi connectivity index (χ0) is 38.7. The van der Waals surface area contributed by atoms with Crippen LogP contribution in [0.2, 0.25) is 0 Å². The lowest BCUT2D eigenvalue weighted by molar-refractivity contribution is 0.751. The molecule has 0 saturated carbocycles. The average molecular weight is 784 g/mol. The number of nitrogens with zero attached hydrogens (tertiary/aromatic N) is 1. The van der Waals surface area contributed by atoms with Crippen molar-refractivity contribution in [1.29, 1.82) is 0 Å². The molecule has 1 nitrogen and oxygen atoms in total. The number of rotatable bonds is 3. The van der Waals surface area contributed by atoms with Crippen LogP contribution in [-0.4, -0.2) is 6.71 Å². The summed E-state index contributed by atoms with van der Waals surface area (Å²) in [5.41, 5.74) is 20.4. The van der Waals surface area contributed by atoms with Crippen LogP contribution >= 0.6 is 23.5 Å². The van der Waals surface area contributed by atoms with Crippen LogP contribution in [0.3, 0.4) is 0 Å². The second-order valence-corrected chi connectivity index (χ2v) is 18.1. The van der Waals surface area contributed by atoms with Gasteiger partial charge in [-0.25, -0.2) is 0 Å². The number of hydrogen-bond donors (Lipinski definition) is 0. The van der Waals surface area contributed by atoms with Gasteiger partial charge >= 0.3 is 0 Å². The Bertz CT molecular complexity index is 3130. The van der Waals surface area contributed by atoms with Crippen LogP contribution < -0.4 is 21.3 Å². The monoisotopic (exact) mass is 783 g/mol. The quantitative estimate of drug-likeness (QED) is 0.164. The van der Waals surface area contributed by atoms with Gasteiger partial charge in [0.15, 0.2) is 0 Å². The summed E-state index contributed by atoms with van der Waals surface area (Å²) >= 11 is 3.90. The van der Waals surface area contributed by atoms with E-state index in [1.165, 1.54) is 109 Å². The van der Waals surface area contributed by atoms with E-state index >= 15 is 0 Å². The van der Waals surface area contributed by atoms with Gasteiger partial charge in [0.25, 0.3) is 0 Å². The van der Waals surface area contributed by atoms with E-state index in [0.29, 0.717) is 0 Å². The molecule has 3 heterocycles. The fourth-order valence-electron chi connectivity index (χ4n) is 10.6. The van der Waals surface area contributed by atoms with Crippen LogP contribution in [0.15, 0.2) is 226 Å². The average Bonchev–Trinajstić information content (AvgIpc) is 3.58. The highest BCUT2D eigenvalue weighted by atomic mass is 32.2. The zero-order valence-electron chi connectivity index (χ0n) is 32.0. The summed E-state index contributed by atoms with van der Waals surface area (Å²) in [5, 5.41) is 0. The third kappa shape index (κ3) is 4.73. The molecule has 1 aliphatic carbocycles. The molecule has 0 saturated heterocycles. The summed E-state index contributed by atoms with van der Waals surface area (Å²) in [6.07, 6.45) is 0. The first kappa shape index (κ1) is 33.5. The molecule has 9 aromatic carbocycles. The predicted octanol–water partition coefficient (Wildman–Crippen LogP) is 12.6. The summed E-state index contributed by atoms with van der Waals surface area (Å²) in [4.78, 5) is 7.86. The van der Waals surface area contributed by atoms with E-state index in [9.17, 15) is 0 Å². The molecule has 59 heavy (non-hydrogen) atoms. The van der Waals surface area contributed by atoms with Crippen molar-refractivity contribution in [2.75, 3.05) is 4.90 Å². The number of para-hydroxylation sites is 3. The van der Waals surface area contributed by atoms with Crippen LogP contribution in [0.1, 0.15) is 22.3 Å². The molecule has 3 aliphatic heterocycles. The van der Waals surface area contributed by atoms with E-state index in [1.807, 2.05) is 23.5 Å². The molecule has 0 amide bonds. The Balaban J connectivity index is 1.09. The van der Waals surface area contributed by atoms with Gasteiger partial charge in [0, 0.05) is 25.3 Å². The van der Waals surface area contributed by atoms with Crippen LogP contribution in [0.4, 0.5) is 17.1 Å². The van der Waals surface area contributed by atoms with E-state index in [2.05, 4.69) is 211 Å². The predicted molar refractivity (Wildman–Crippen MR) is 249 cm³/mol. The highest BCUT2D eigenvalue weighted by molar-refractivity contribution is 8.01.